The molecular weight excluding hydrogens is 195 g/mol. The Kier molecular flexibility index (Phi) is 4.60. The van der Waals surface area contributed by atoms with Gasteiger partial charge in [0, 0.05) is 20.1 Å². The van der Waals surface area contributed by atoms with Gasteiger partial charge in [-0.05, 0) is 6.42 Å². The average Bonchev–Trinajstić information content (AvgIpc) is 1.81. The number of ether oxygens (including phenoxy) is 1. The Morgan fingerprint density at radius 3 is 2.00 bits per heavy atom. The summed E-state index contributed by atoms with van der Waals surface area (Å²) in [5.41, 5.74) is 0. The number of hydrogen-bond acceptors (Lipinski definition) is 1. The first kappa shape index (κ1) is 12.6. The summed E-state index contributed by atoms with van der Waals surface area (Å²) in [4.78, 5) is 0. The Morgan fingerprint density at radius 2 is 1.62 bits per heavy atom. The van der Waals surface area contributed by atoms with E-state index in [1.807, 2.05) is 0 Å². The predicted molar refractivity (Wildman–Crippen MR) is 36.7 cm³/mol. The van der Waals surface area contributed by atoms with Crippen molar-refractivity contribution < 1.29 is 26.7 Å². The molecule has 0 amide bonds. The Morgan fingerprint density at radius 1 is 1.08 bits per heavy atom. The van der Waals surface area contributed by atoms with Crippen molar-refractivity contribution in [3.05, 3.63) is 0 Å². The summed E-state index contributed by atoms with van der Waals surface area (Å²) in [5.74, 6) is -3.67. The van der Waals surface area contributed by atoms with E-state index in [1.54, 1.807) is 0 Å². The highest BCUT2D eigenvalue weighted by Gasteiger charge is 2.42. The van der Waals surface area contributed by atoms with Crippen LogP contribution in [-0.2, 0) is 4.74 Å². The maximum atomic E-state index is 12.5. The van der Waals surface area contributed by atoms with Crippen LogP contribution in [0.15, 0.2) is 0 Å². The minimum Gasteiger partial charge on any atom is -0.385 e. The molecule has 1 nitrogen and oxygen atoms in total. The molecule has 0 unspecified atom stereocenters. The van der Waals surface area contributed by atoms with Crippen LogP contribution in [-0.4, -0.2) is 25.8 Å². The molecule has 0 rings (SSSR count). The molecule has 0 aliphatic rings. The summed E-state index contributed by atoms with van der Waals surface area (Å²) in [5, 5.41) is 0. The summed E-state index contributed by atoms with van der Waals surface area (Å²) in [7, 11) is 1.31. The van der Waals surface area contributed by atoms with E-state index in [2.05, 4.69) is 4.74 Å². The molecule has 0 aliphatic heterocycles. The first-order chi connectivity index (χ1) is 5.77. The fourth-order valence-corrected chi connectivity index (χ4v) is 0.857. The highest BCUT2D eigenvalue weighted by atomic mass is 19.4. The maximum absolute atomic E-state index is 12.5. The summed E-state index contributed by atoms with van der Waals surface area (Å²) in [6.45, 7) is 0.0491. The molecular formula is C7H11F5O. The molecule has 0 heterocycles. The third kappa shape index (κ3) is 7.95. The quantitative estimate of drug-likeness (QED) is 0.496. The lowest BCUT2D eigenvalue weighted by Crippen LogP contribution is -2.25. The van der Waals surface area contributed by atoms with Crippen molar-refractivity contribution in [2.75, 3.05) is 13.7 Å². The molecule has 13 heavy (non-hydrogen) atoms. The van der Waals surface area contributed by atoms with Crippen LogP contribution in [0.5, 0.6) is 0 Å². The van der Waals surface area contributed by atoms with Crippen molar-refractivity contribution in [1.82, 2.24) is 0 Å². The second kappa shape index (κ2) is 4.74. The Bertz CT molecular complexity index is 142. The van der Waals surface area contributed by atoms with Gasteiger partial charge in [-0.15, -0.1) is 0 Å². The van der Waals surface area contributed by atoms with Gasteiger partial charge in [0.25, 0.3) is 5.92 Å². The lowest BCUT2D eigenvalue weighted by molar-refractivity contribution is -0.189. The van der Waals surface area contributed by atoms with E-state index in [4.69, 9.17) is 0 Å². The van der Waals surface area contributed by atoms with Gasteiger partial charge >= 0.3 is 6.18 Å². The molecule has 80 valence electrons. The summed E-state index contributed by atoms with van der Waals surface area (Å²) in [6.07, 6.45) is -7.72. The van der Waals surface area contributed by atoms with Gasteiger partial charge in [-0.2, -0.15) is 13.2 Å². The van der Waals surface area contributed by atoms with Gasteiger partial charge < -0.3 is 4.74 Å². The number of halogens is 5. The average molecular weight is 206 g/mol. The van der Waals surface area contributed by atoms with Crippen molar-refractivity contribution in [3.8, 4) is 0 Å². The van der Waals surface area contributed by atoms with Crippen LogP contribution < -0.4 is 0 Å². The highest BCUT2D eigenvalue weighted by molar-refractivity contribution is 4.70. The Balaban J connectivity index is 3.80. The standard InChI is InChI=1S/C7H11F5O/c1-13-4-2-3-6(8,9)5-7(10,11)12/h2-5H2,1H3. The molecule has 0 radical (unpaired) electrons. The van der Waals surface area contributed by atoms with Crippen LogP contribution in [0.4, 0.5) is 22.0 Å². The van der Waals surface area contributed by atoms with Crippen molar-refractivity contribution in [3.63, 3.8) is 0 Å². The molecule has 0 aromatic carbocycles. The zero-order valence-electron chi connectivity index (χ0n) is 7.13. The molecule has 0 saturated carbocycles. The summed E-state index contributed by atoms with van der Waals surface area (Å²) < 4.78 is 64.0. The number of hydrogen-bond donors (Lipinski definition) is 0. The highest BCUT2D eigenvalue weighted by Crippen LogP contribution is 2.34. The van der Waals surface area contributed by atoms with E-state index >= 15 is 0 Å². The summed E-state index contributed by atoms with van der Waals surface area (Å²) in [6, 6.07) is 0. The van der Waals surface area contributed by atoms with E-state index in [0.717, 1.165) is 0 Å². The van der Waals surface area contributed by atoms with Crippen LogP contribution in [0.25, 0.3) is 0 Å². The third-order valence-electron chi connectivity index (χ3n) is 1.35. The molecule has 0 spiro atoms. The van der Waals surface area contributed by atoms with E-state index in [9.17, 15) is 22.0 Å². The molecule has 0 atom stereocenters. The second-order valence-corrected chi connectivity index (χ2v) is 2.74. The molecule has 0 fully saturated rings. The van der Waals surface area contributed by atoms with Crippen LogP contribution in [0, 0.1) is 0 Å². The Labute approximate surface area is 72.9 Å². The number of rotatable bonds is 5. The fraction of sp³-hybridized carbons (Fsp3) is 1.00. The van der Waals surface area contributed by atoms with Crippen LogP contribution in [0.2, 0.25) is 0 Å². The SMILES string of the molecule is COCCCC(F)(F)CC(F)(F)F. The first-order valence-corrected chi connectivity index (χ1v) is 3.70. The molecule has 0 N–H and O–H groups in total. The molecule has 6 heteroatoms. The minimum atomic E-state index is -4.81. The predicted octanol–water partition coefficient (Wildman–Crippen LogP) is 3.00. The van der Waals surface area contributed by atoms with Gasteiger partial charge in [-0.25, -0.2) is 8.78 Å². The van der Waals surface area contributed by atoms with Crippen molar-refractivity contribution in [2.45, 2.75) is 31.4 Å². The zero-order valence-corrected chi connectivity index (χ0v) is 7.13. The second-order valence-electron chi connectivity index (χ2n) is 2.74. The topological polar surface area (TPSA) is 9.23 Å². The first-order valence-electron chi connectivity index (χ1n) is 3.70. The van der Waals surface area contributed by atoms with Gasteiger partial charge in [0.05, 0.1) is 0 Å². The van der Waals surface area contributed by atoms with Crippen molar-refractivity contribution in [1.29, 1.82) is 0 Å². The third-order valence-corrected chi connectivity index (χ3v) is 1.35. The van der Waals surface area contributed by atoms with Crippen LogP contribution >= 0.6 is 0 Å². The molecule has 0 bridgehead atoms. The molecule has 0 saturated heterocycles. The monoisotopic (exact) mass is 206 g/mol. The van der Waals surface area contributed by atoms with Gasteiger partial charge in [-0.1, -0.05) is 0 Å². The van der Waals surface area contributed by atoms with E-state index in [-0.39, 0.29) is 13.0 Å². The molecule has 0 aromatic heterocycles. The Hall–Kier alpha value is -0.390. The molecule has 0 aliphatic carbocycles. The van der Waals surface area contributed by atoms with Gasteiger partial charge in [0.2, 0.25) is 0 Å². The lowest BCUT2D eigenvalue weighted by atomic mass is 10.1. The van der Waals surface area contributed by atoms with Gasteiger partial charge in [0.15, 0.2) is 0 Å². The van der Waals surface area contributed by atoms with Crippen LogP contribution in [0.3, 0.4) is 0 Å². The van der Waals surface area contributed by atoms with Crippen molar-refractivity contribution >= 4 is 0 Å². The smallest absolute Gasteiger partial charge is 0.385 e. The van der Waals surface area contributed by atoms with E-state index < -0.39 is 24.9 Å². The number of methoxy groups -OCH3 is 1. The lowest BCUT2D eigenvalue weighted by Gasteiger charge is -2.17. The number of alkyl halides is 5. The van der Waals surface area contributed by atoms with Crippen molar-refractivity contribution in [2.24, 2.45) is 0 Å². The summed E-state index contributed by atoms with van der Waals surface area (Å²) >= 11 is 0. The van der Waals surface area contributed by atoms with Gasteiger partial charge in [0.1, 0.15) is 6.42 Å². The minimum absolute atomic E-state index is 0.0491. The fourth-order valence-electron chi connectivity index (χ4n) is 0.857. The van der Waals surface area contributed by atoms with Gasteiger partial charge in [-0.3, -0.25) is 0 Å². The van der Waals surface area contributed by atoms with E-state index in [0.29, 0.717) is 0 Å². The molecule has 0 aromatic rings. The largest absolute Gasteiger partial charge is 0.394 e. The zero-order chi connectivity index (χ0) is 10.5. The van der Waals surface area contributed by atoms with Crippen LogP contribution in [0.1, 0.15) is 19.3 Å². The maximum Gasteiger partial charge on any atom is 0.394 e. The normalized spacial score (nSPS) is 13.4. The van der Waals surface area contributed by atoms with E-state index in [1.165, 1.54) is 7.11 Å².